The van der Waals surface area contributed by atoms with Gasteiger partial charge in [-0.3, -0.25) is 4.79 Å². The fraction of sp³-hybridized carbons (Fsp3) is 0.286. The second-order valence-corrected chi connectivity index (χ2v) is 6.42. The highest BCUT2D eigenvalue weighted by molar-refractivity contribution is 6.27. The summed E-state index contributed by atoms with van der Waals surface area (Å²) in [4.78, 5) is 31.4. The lowest BCUT2D eigenvalue weighted by Gasteiger charge is -2.21. The van der Waals surface area contributed by atoms with Crippen LogP contribution in [0, 0.1) is 0 Å². The van der Waals surface area contributed by atoms with Gasteiger partial charge >= 0.3 is 11.9 Å². The van der Waals surface area contributed by atoms with Gasteiger partial charge in [0.1, 0.15) is 11.9 Å². The molecule has 0 bridgehead atoms. The van der Waals surface area contributed by atoms with Crippen LogP contribution in [0.25, 0.3) is 0 Å². The first kappa shape index (κ1) is 23.6. The standard InChI is InChI=1S/C19H24N2O2.C2H2O4/c1-15(22)20-17-9-11-18(12-10-17)23-19(13-14-21(2)3)16-7-5-4-6-8-16;3-1(4)2(5)6/h4-12,19H,13-14H2,1-3H3,(H,20,22);(H,3,4)(H,5,6). The Morgan fingerprint density at radius 3 is 1.97 bits per heavy atom. The van der Waals surface area contributed by atoms with E-state index in [4.69, 9.17) is 24.5 Å². The van der Waals surface area contributed by atoms with Crippen LogP contribution in [0.3, 0.4) is 0 Å². The zero-order chi connectivity index (χ0) is 21.8. The van der Waals surface area contributed by atoms with Gasteiger partial charge in [-0.15, -0.1) is 0 Å². The molecular formula is C21H26N2O6. The molecule has 2 aromatic rings. The summed E-state index contributed by atoms with van der Waals surface area (Å²) in [6.45, 7) is 2.45. The minimum atomic E-state index is -1.82. The summed E-state index contributed by atoms with van der Waals surface area (Å²) in [6, 6.07) is 17.7. The Morgan fingerprint density at radius 2 is 1.52 bits per heavy atom. The second kappa shape index (κ2) is 12.1. The molecule has 3 N–H and O–H groups in total. The quantitative estimate of drug-likeness (QED) is 0.610. The van der Waals surface area contributed by atoms with Crippen molar-refractivity contribution in [3.8, 4) is 5.75 Å². The molecule has 2 aromatic carbocycles. The molecule has 0 fully saturated rings. The third-order valence-electron chi connectivity index (χ3n) is 3.65. The molecule has 0 aromatic heterocycles. The molecule has 1 atom stereocenters. The van der Waals surface area contributed by atoms with Crippen molar-refractivity contribution in [2.75, 3.05) is 26.0 Å². The third-order valence-corrected chi connectivity index (χ3v) is 3.65. The van der Waals surface area contributed by atoms with E-state index in [1.54, 1.807) is 0 Å². The van der Waals surface area contributed by atoms with E-state index in [0.717, 1.165) is 24.4 Å². The van der Waals surface area contributed by atoms with E-state index in [1.165, 1.54) is 12.5 Å². The van der Waals surface area contributed by atoms with Crippen LogP contribution in [0.1, 0.15) is 25.0 Å². The molecule has 0 saturated heterocycles. The van der Waals surface area contributed by atoms with Gasteiger partial charge in [0.25, 0.3) is 0 Å². The molecule has 1 amide bonds. The van der Waals surface area contributed by atoms with E-state index >= 15 is 0 Å². The third kappa shape index (κ3) is 9.92. The van der Waals surface area contributed by atoms with Gasteiger partial charge in [-0.1, -0.05) is 30.3 Å². The summed E-state index contributed by atoms with van der Waals surface area (Å²) < 4.78 is 6.17. The van der Waals surface area contributed by atoms with Gasteiger partial charge in [-0.25, -0.2) is 9.59 Å². The maximum Gasteiger partial charge on any atom is 0.414 e. The van der Waals surface area contributed by atoms with Gasteiger partial charge in [0.05, 0.1) is 0 Å². The molecule has 0 aliphatic carbocycles. The molecule has 0 aliphatic rings. The first-order valence-corrected chi connectivity index (χ1v) is 8.89. The van der Waals surface area contributed by atoms with E-state index in [0.29, 0.717) is 0 Å². The van der Waals surface area contributed by atoms with E-state index in [9.17, 15) is 4.79 Å². The number of carbonyl (C=O) groups is 3. The van der Waals surface area contributed by atoms with Crippen molar-refractivity contribution in [2.24, 2.45) is 0 Å². The maximum absolute atomic E-state index is 11.1. The van der Waals surface area contributed by atoms with Gasteiger partial charge in [0.2, 0.25) is 5.91 Å². The minimum Gasteiger partial charge on any atom is -0.486 e. The van der Waals surface area contributed by atoms with Crippen LogP contribution in [0.15, 0.2) is 54.6 Å². The average molecular weight is 402 g/mol. The van der Waals surface area contributed by atoms with Crippen molar-refractivity contribution in [3.63, 3.8) is 0 Å². The number of carboxylic acids is 2. The van der Waals surface area contributed by atoms with Crippen LogP contribution in [0.2, 0.25) is 0 Å². The van der Waals surface area contributed by atoms with Crippen molar-refractivity contribution >= 4 is 23.5 Å². The molecule has 8 nitrogen and oxygen atoms in total. The van der Waals surface area contributed by atoms with Crippen molar-refractivity contribution in [1.82, 2.24) is 4.90 Å². The molecule has 0 saturated carbocycles. The summed E-state index contributed by atoms with van der Waals surface area (Å²) in [7, 11) is 4.12. The molecule has 29 heavy (non-hydrogen) atoms. The number of hydrogen-bond acceptors (Lipinski definition) is 5. The van der Waals surface area contributed by atoms with E-state index in [1.807, 2.05) is 42.5 Å². The maximum atomic E-state index is 11.1. The van der Waals surface area contributed by atoms with Gasteiger partial charge < -0.3 is 25.2 Å². The summed E-state index contributed by atoms with van der Waals surface area (Å²) in [5, 5.41) is 17.5. The number of amides is 1. The number of nitrogens with zero attached hydrogens (tertiary/aromatic N) is 1. The van der Waals surface area contributed by atoms with Gasteiger partial charge in [0.15, 0.2) is 0 Å². The van der Waals surface area contributed by atoms with E-state index in [-0.39, 0.29) is 12.0 Å². The van der Waals surface area contributed by atoms with Crippen molar-refractivity contribution in [1.29, 1.82) is 0 Å². The molecule has 8 heteroatoms. The highest BCUT2D eigenvalue weighted by atomic mass is 16.5. The van der Waals surface area contributed by atoms with Crippen molar-refractivity contribution in [2.45, 2.75) is 19.4 Å². The summed E-state index contributed by atoms with van der Waals surface area (Å²) in [6.07, 6.45) is 0.912. The Kier molecular flexibility index (Phi) is 9.90. The van der Waals surface area contributed by atoms with Gasteiger partial charge in [-0.05, 0) is 43.9 Å². The lowest BCUT2D eigenvalue weighted by molar-refractivity contribution is -0.159. The lowest BCUT2D eigenvalue weighted by Crippen LogP contribution is -2.18. The van der Waals surface area contributed by atoms with Crippen LogP contribution in [0.4, 0.5) is 5.69 Å². The van der Waals surface area contributed by atoms with Gasteiger partial charge in [0, 0.05) is 25.6 Å². The van der Waals surface area contributed by atoms with E-state index in [2.05, 4.69) is 36.4 Å². The highest BCUT2D eigenvalue weighted by Crippen LogP contribution is 2.26. The Morgan fingerprint density at radius 1 is 0.966 bits per heavy atom. The number of rotatable bonds is 7. The predicted molar refractivity (Wildman–Crippen MR) is 109 cm³/mol. The number of ether oxygens (including phenoxy) is 1. The number of carboxylic acid groups (broad SMARTS) is 2. The normalized spacial score (nSPS) is 11.0. The van der Waals surface area contributed by atoms with Crippen LogP contribution in [0.5, 0.6) is 5.75 Å². The number of hydrogen-bond donors (Lipinski definition) is 3. The molecule has 0 aliphatic heterocycles. The Balaban J connectivity index is 0.000000612. The lowest BCUT2D eigenvalue weighted by atomic mass is 10.1. The smallest absolute Gasteiger partial charge is 0.414 e. The largest absolute Gasteiger partial charge is 0.486 e. The highest BCUT2D eigenvalue weighted by Gasteiger charge is 2.13. The Labute approximate surface area is 169 Å². The number of anilines is 1. The number of aliphatic carboxylic acids is 2. The first-order chi connectivity index (χ1) is 13.7. The monoisotopic (exact) mass is 402 g/mol. The SMILES string of the molecule is CC(=O)Nc1ccc(OC(CCN(C)C)c2ccccc2)cc1.O=C(O)C(=O)O. The van der Waals surface area contributed by atoms with Crippen LogP contribution < -0.4 is 10.1 Å². The molecule has 156 valence electrons. The number of carbonyl (C=O) groups excluding carboxylic acids is 1. The van der Waals surface area contributed by atoms with Crippen LogP contribution >= 0.6 is 0 Å². The van der Waals surface area contributed by atoms with Gasteiger partial charge in [-0.2, -0.15) is 0 Å². The average Bonchev–Trinajstić information content (AvgIpc) is 2.67. The van der Waals surface area contributed by atoms with Crippen molar-refractivity contribution < 1.29 is 29.3 Å². The second-order valence-electron chi connectivity index (χ2n) is 6.42. The van der Waals surface area contributed by atoms with Crippen LogP contribution in [-0.4, -0.2) is 53.6 Å². The van der Waals surface area contributed by atoms with Crippen molar-refractivity contribution in [3.05, 3.63) is 60.2 Å². The fourth-order valence-corrected chi connectivity index (χ4v) is 2.32. The summed E-state index contributed by atoms with van der Waals surface area (Å²) >= 11 is 0. The molecule has 2 rings (SSSR count). The predicted octanol–water partition coefficient (Wildman–Crippen LogP) is 2.87. The Bertz CT molecular complexity index is 779. The molecule has 1 unspecified atom stereocenters. The van der Waals surface area contributed by atoms with E-state index < -0.39 is 11.9 Å². The number of nitrogens with one attached hydrogen (secondary N) is 1. The number of benzene rings is 2. The molecular weight excluding hydrogens is 376 g/mol. The molecule has 0 spiro atoms. The zero-order valence-electron chi connectivity index (χ0n) is 16.7. The Hall–Kier alpha value is -3.39. The first-order valence-electron chi connectivity index (χ1n) is 8.89. The zero-order valence-corrected chi connectivity index (χ0v) is 16.7. The fourth-order valence-electron chi connectivity index (χ4n) is 2.32. The molecule has 0 heterocycles. The topological polar surface area (TPSA) is 116 Å². The van der Waals surface area contributed by atoms with Crippen LogP contribution in [-0.2, 0) is 14.4 Å². The summed E-state index contributed by atoms with van der Waals surface area (Å²) in [5.74, 6) is -2.93. The molecule has 0 radical (unpaired) electrons. The summed E-state index contributed by atoms with van der Waals surface area (Å²) in [5.41, 5.74) is 1.94. The minimum absolute atomic E-state index is 0.00483.